The third kappa shape index (κ3) is 5.28. The summed E-state index contributed by atoms with van der Waals surface area (Å²) in [6.45, 7) is 4.01. The number of anilines is 1. The Labute approximate surface area is 159 Å². The first kappa shape index (κ1) is 19.9. The van der Waals surface area contributed by atoms with Gasteiger partial charge < -0.3 is 24.3 Å². The van der Waals surface area contributed by atoms with Crippen molar-refractivity contribution in [3.63, 3.8) is 0 Å². The normalized spacial score (nSPS) is 10.3. The van der Waals surface area contributed by atoms with Gasteiger partial charge in [-0.05, 0) is 30.3 Å². The molecule has 6 heteroatoms. The molecular formula is C21H23NO5. The SMILES string of the molecule is C=CCOc1cccc(NC(=O)/C=C/c2ccc(OC)c(OC)c2OC)c1. The molecule has 0 heterocycles. The molecule has 0 spiro atoms. The number of hydrogen-bond donors (Lipinski definition) is 1. The van der Waals surface area contributed by atoms with Gasteiger partial charge in [0.15, 0.2) is 11.5 Å². The second-order valence-electron chi connectivity index (χ2n) is 5.37. The Morgan fingerprint density at radius 2 is 1.85 bits per heavy atom. The fraction of sp³-hybridized carbons (Fsp3) is 0.190. The fourth-order valence-electron chi connectivity index (χ4n) is 2.42. The van der Waals surface area contributed by atoms with Crippen molar-refractivity contribution in [2.24, 2.45) is 0 Å². The minimum absolute atomic E-state index is 0.285. The van der Waals surface area contributed by atoms with E-state index >= 15 is 0 Å². The number of hydrogen-bond acceptors (Lipinski definition) is 5. The molecule has 2 aromatic carbocycles. The Morgan fingerprint density at radius 3 is 2.52 bits per heavy atom. The Kier molecular flexibility index (Phi) is 7.31. The Balaban J connectivity index is 2.14. The highest BCUT2D eigenvalue weighted by Gasteiger charge is 2.14. The van der Waals surface area contributed by atoms with E-state index in [0.29, 0.717) is 40.9 Å². The van der Waals surface area contributed by atoms with Gasteiger partial charge in [-0.3, -0.25) is 4.79 Å². The van der Waals surface area contributed by atoms with Crippen molar-refractivity contribution in [1.82, 2.24) is 0 Å². The van der Waals surface area contributed by atoms with Gasteiger partial charge in [0, 0.05) is 23.4 Å². The third-order valence-electron chi connectivity index (χ3n) is 3.62. The second-order valence-corrected chi connectivity index (χ2v) is 5.37. The smallest absolute Gasteiger partial charge is 0.248 e. The van der Waals surface area contributed by atoms with E-state index in [1.54, 1.807) is 49.6 Å². The molecule has 1 N–H and O–H groups in total. The van der Waals surface area contributed by atoms with Gasteiger partial charge in [-0.25, -0.2) is 0 Å². The number of amides is 1. The van der Waals surface area contributed by atoms with Crippen molar-refractivity contribution in [1.29, 1.82) is 0 Å². The van der Waals surface area contributed by atoms with Crippen LogP contribution in [0.4, 0.5) is 5.69 Å². The molecule has 0 bridgehead atoms. The first-order valence-electron chi connectivity index (χ1n) is 8.24. The van der Waals surface area contributed by atoms with Crippen molar-refractivity contribution in [3.05, 3.63) is 60.7 Å². The highest BCUT2D eigenvalue weighted by atomic mass is 16.5. The topological polar surface area (TPSA) is 66.0 Å². The molecule has 0 atom stereocenters. The van der Waals surface area contributed by atoms with Crippen molar-refractivity contribution < 1.29 is 23.7 Å². The highest BCUT2D eigenvalue weighted by molar-refractivity contribution is 6.02. The molecule has 2 aromatic rings. The van der Waals surface area contributed by atoms with E-state index in [2.05, 4.69) is 11.9 Å². The van der Waals surface area contributed by atoms with Crippen LogP contribution in [0.1, 0.15) is 5.56 Å². The molecular weight excluding hydrogens is 346 g/mol. The third-order valence-corrected chi connectivity index (χ3v) is 3.62. The minimum atomic E-state index is -0.285. The maximum Gasteiger partial charge on any atom is 0.248 e. The van der Waals surface area contributed by atoms with Crippen molar-refractivity contribution in [2.75, 3.05) is 33.3 Å². The Bertz CT molecular complexity index is 829. The predicted octanol–water partition coefficient (Wildman–Crippen LogP) is 3.93. The van der Waals surface area contributed by atoms with Crippen LogP contribution in [-0.2, 0) is 4.79 Å². The van der Waals surface area contributed by atoms with Gasteiger partial charge in [-0.15, -0.1) is 0 Å². The van der Waals surface area contributed by atoms with Gasteiger partial charge in [0.25, 0.3) is 0 Å². The van der Waals surface area contributed by atoms with Crippen LogP contribution in [0.2, 0.25) is 0 Å². The lowest BCUT2D eigenvalue weighted by molar-refractivity contribution is -0.111. The number of ether oxygens (including phenoxy) is 4. The molecule has 1 amide bonds. The maximum absolute atomic E-state index is 12.2. The van der Waals surface area contributed by atoms with Gasteiger partial charge >= 0.3 is 0 Å². The molecule has 0 radical (unpaired) electrons. The van der Waals surface area contributed by atoms with E-state index in [4.69, 9.17) is 18.9 Å². The van der Waals surface area contributed by atoms with Crippen molar-refractivity contribution >= 4 is 17.7 Å². The standard InChI is InChI=1S/C21H23NO5/c1-5-13-27-17-8-6-7-16(14-17)22-19(23)12-10-15-9-11-18(24-2)21(26-4)20(15)25-3/h5-12,14H,1,13H2,2-4H3,(H,22,23)/b12-10+. The van der Waals surface area contributed by atoms with Crippen LogP contribution < -0.4 is 24.3 Å². The summed E-state index contributed by atoms with van der Waals surface area (Å²) >= 11 is 0. The summed E-state index contributed by atoms with van der Waals surface area (Å²) in [6, 6.07) is 10.7. The second kappa shape index (κ2) is 9.91. The largest absolute Gasteiger partial charge is 0.493 e. The number of rotatable bonds is 9. The first-order valence-corrected chi connectivity index (χ1v) is 8.24. The molecule has 6 nitrogen and oxygen atoms in total. The van der Waals surface area contributed by atoms with Crippen LogP contribution in [0.25, 0.3) is 6.08 Å². The number of methoxy groups -OCH3 is 3. The van der Waals surface area contributed by atoms with Gasteiger partial charge in [-0.1, -0.05) is 18.7 Å². The zero-order chi connectivity index (χ0) is 19.6. The molecule has 2 rings (SSSR count). The molecule has 27 heavy (non-hydrogen) atoms. The van der Waals surface area contributed by atoms with Crippen molar-refractivity contribution in [2.45, 2.75) is 0 Å². The maximum atomic E-state index is 12.2. The van der Waals surface area contributed by atoms with Gasteiger partial charge in [0.05, 0.1) is 21.3 Å². The lowest BCUT2D eigenvalue weighted by Gasteiger charge is -2.14. The quantitative estimate of drug-likeness (QED) is 0.536. The molecule has 0 aliphatic carbocycles. The monoisotopic (exact) mass is 369 g/mol. The molecule has 0 saturated carbocycles. The van der Waals surface area contributed by atoms with E-state index in [1.165, 1.54) is 20.3 Å². The minimum Gasteiger partial charge on any atom is -0.493 e. The Hall–Kier alpha value is -3.41. The van der Waals surface area contributed by atoms with E-state index in [9.17, 15) is 4.79 Å². The fourth-order valence-corrected chi connectivity index (χ4v) is 2.42. The van der Waals surface area contributed by atoms with Crippen LogP contribution in [0, 0.1) is 0 Å². The van der Waals surface area contributed by atoms with Crippen LogP contribution in [0.3, 0.4) is 0 Å². The van der Waals surface area contributed by atoms with E-state index < -0.39 is 0 Å². The zero-order valence-corrected chi connectivity index (χ0v) is 15.7. The first-order chi connectivity index (χ1) is 13.1. The number of carbonyl (C=O) groups excluding carboxylic acids is 1. The van der Waals surface area contributed by atoms with Crippen LogP contribution in [-0.4, -0.2) is 33.8 Å². The molecule has 142 valence electrons. The Morgan fingerprint density at radius 1 is 1.07 bits per heavy atom. The molecule has 0 aromatic heterocycles. The average molecular weight is 369 g/mol. The number of nitrogens with one attached hydrogen (secondary N) is 1. The van der Waals surface area contributed by atoms with E-state index in [0.717, 1.165) is 0 Å². The van der Waals surface area contributed by atoms with Gasteiger partial charge in [0.1, 0.15) is 12.4 Å². The number of carbonyl (C=O) groups is 1. The van der Waals surface area contributed by atoms with E-state index in [-0.39, 0.29) is 5.91 Å². The summed E-state index contributed by atoms with van der Waals surface area (Å²) < 4.78 is 21.4. The highest BCUT2D eigenvalue weighted by Crippen LogP contribution is 2.40. The predicted molar refractivity (Wildman–Crippen MR) is 106 cm³/mol. The van der Waals surface area contributed by atoms with Gasteiger partial charge in [-0.2, -0.15) is 0 Å². The number of benzene rings is 2. The summed E-state index contributed by atoms with van der Waals surface area (Å²) in [7, 11) is 4.61. The summed E-state index contributed by atoms with van der Waals surface area (Å²) in [5.74, 6) is 1.87. The summed E-state index contributed by atoms with van der Waals surface area (Å²) in [6.07, 6.45) is 4.72. The molecule has 0 aliphatic heterocycles. The molecule has 0 unspecified atom stereocenters. The average Bonchev–Trinajstić information content (AvgIpc) is 2.69. The van der Waals surface area contributed by atoms with E-state index in [1.807, 2.05) is 6.07 Å². The molecule has 0 fully saturated rings. The lowest BCUT2D eigenvalue weighted by atomic mass is 10.1. The van der Waals surface area contributed by atoms with Crippen LogP contribution in [0.5, 0.6) is 23.0 Å². The van der Waals surface area contributed by atoms with Crippen LogP contribution >= 0.6 is 0 Å². The zero-order valence-electron chi connectivity index (χ0n) is 15.7. The van der Waals surface area contributed by atoms with Crippen LogP contribution in [0.15, 0.2) is 55.1 Å². The molecule has 0 aliphatic rings. The van der Waals surface area contributed by atoms with Gasteiger partial charge in [0.2, 0.25) is 11.7 Å². The summed E-state index contributed by atoms with van der Waals surface area (Å²) in [4.78, 5) is 12.2. The van der Waals surface area contributed by atoms with Crippen molar-refractivity contribution in [3.8, 4) is 23.0 Å². The lowest BCUT2D eigenvalue weighted by Crippen LogP contribution is -2.08. The summed E-state index contributed by atoms with van der Waals surface area (Å²) in [5, 5.41) is 2.79. The molecule has 0 saturated heterocycles. The summed E-state index contributed by atoms with van der Waals surface area (Å²) in [5.41, 5.74) is 1.32.